The summed E-state index contributed by atoms with van der Waals surface area (Å²) in [6.45, 7) is 3.45. The first-order valence-corrected chi connectivity index (χ1v) is 9.71. The van der Waals surface area contributed by atoms with Gasteiger partial charge in [0.2, 0.25) is 10.0 Å². The highest BCUT2D eigenvalue weighted by molar-refractivity contribution is 7.89. The van der Waals surface area contributed by atoms with Crippen LogP contribution >= 0.6 is 0 Å². The number of nitrogens with one attached hydrogen (secondary N) is 2. The summed E-state index contributed by atoms with van der Waals surface area (Å²) in [5.41, 5.74) is -0.124. The second-order valence-corrected chi connectivity index (χ2v) is 7.95. The molecule has 7 nitrogen and oxygen atoms in total. The van der Waals surface area contributed by atoms with Crippen molar-refractivity contribution >= 4 is 32.6 Å². The minimum absolute atomic E-state index is 0.0828. The van der Waals surface area contributed by atoms with Crippen LogP contribution in [-0.4, -0.2) is 20.4 Å². The molecule has 0 radical (unpaired) electrons. The molecular formula is C19H18N2O5S. The number of amides is 1. The highest BCUT2D eigenvalue weighted by Gasteiger charge is 2.17. The molecule has 1 heterocycles. The molecule has 3 aromatic rings. The molecule has 0 saturated carbocycles. The van der Waals surface area contributed by atoms with Crippen LogP contribution in [0, 0.1) is 0 Å². The third-order valence-electron chi connectivity index (χ3n) is 3.70. The van der Waals surface area contributed by atoms with Crippen LogP contribution in [0.1, 0.15) is 24.2 Å². The second kappa shape index (κ2) is 7.34. The molecule has 3 rings (SSSR count). The van der Waals surface area contributed by atoms with Crippen LogP contribution in [0.3, 0.4) is 0 Å². The van der Waals surface area contributed by atoms with Crippen molar-refractivity contribution in [1.29, 1.82) is 0 Å². The van der Waals surface area contributed by atoms with Gasteiger partial charge in [0.15, 0.2) is 0 Å². The molecule has 0 atom stereocenters. The van der Waals surface area contributed by atoms with Gasteiger partial charge in [-0.25, -0.2) is 17.9 Å². The Bertz CT molecular complexity index is 1150. The maximum absolute atomic E-state index is 12.4. The Morgan fingerprint density at radius 2 is 1.70 bits per heavy atom. The van der Waals surface area contributed by atoms with Gasteiger partial charge in [-0.2, -0.15) is 0 Å². The number of hydrogen-bond acceptors (Lipinski definition) is 5. The molecule has 0 unspecified atom stereocenters. The third kappa shape index (κ3) is 4.24. The number of sulfonamides is 1. The van der Waals surface area contributed by atoms with E-state index in [0.717, 1.165) is 0 Å². The number of rotatable bonds is 5. The number of hydrogen-bond donors (Lipinski definition) is 2. The first kappa shape index (κ1) is 18.8. The number of carbonyl (C=O) groups is 1. The van der Waals surface area contributed by atoms with Crippen LogP contribution in [-0.2, 0) is 10.0 Å². The lowest BCUT2D eigenvalue weighted by Crippen LogP contribution is -2.30. The van der Waals surface area contributed by atoms with Gasteiger partial charge in [0.1, 0.15) is 11.1 Å². The fraction of sp³-hybridized carbons (Fsp3) is 0.158. The molecule has 2 aromatic carbocycles. The van der Waals surface area contributed by atoms with E-state index in [4.69, 9.17) is 4.42 Å². The van der Waals surface area contributed by atoms with E-state index < -0.39 is 21.6 Å². The maximum Gasteiger partial charge on any atom is 0.349 e. The smallest absolute Gasteiger partial charge is 0.349 e. The number of anilines is 1. The van der Waals surface area contributed by atoms with E-state index in [2.05, 4.69) is 10.0 Å². The molecular weight excluding hydrogens is 368 g/mol. The van der Waals surface area contributed by atoms with E-state index in [1.54, 1.807) is 38.1 Å². The van der Waals surface area contributed by atoms with Crippen LogP contribution in [0.15, 0.2) is 68.7 Å². The third-order valence-corrected chi connectivity index (χ3v) is 5.37. The van der Waals surface area contributed by atoms with E-state index in [-0.39, 0.29) is 16.5 Å². The van der Waals surface area contributed by atoms with Crippen molar-refractivity contribution in [3.8, 4) is 0 Å². The van der Waals surface area contributed by atoms with E-state index in [0.29, 0.717) is 16.7 Å². The topological polar surface area (TPSA) is 105 Å². The van der Waals surface area contributed by atoms with E-state index in [1.807, 2.05) is 0 Å². The molecule has 0 bridgehead atoms. The number of benzene rings is 2. The van der Waals surface area contributed by atoms with Crippen molar-refractivity contribution in [3.63, 3.8) is 0 Å². The van der Waals surface area contributed by atoms with Crippen molar-refractivity contribution in [2.45, 2.75) is 24.8 Å². The molecule has 0 aliphatic rings. The fourth-order valence-corrected chi connectivity index (χ4v) is 3.77. The fourth-order valence-electron chi connectivity index (χ4n) is 2.51. The van der Waals surface area contributed by atoms with Gasteiger partial charge in [-0.05, 0) is 50.2 Å². The Morgan fingerprint density at radius 1 is 1.04 bits per heavy atom. The molecule has 0 aliphatic heterocycles. The highest BCUT2D eigenvalue weighted by Crippen LogP contribution is 2.16. The van der Waals surface area contributed by atoms with Crippen LogP contribution in [0.25, 0.3) is 11.0 Å². The minimum Gasteiger partial charge on any atom is -0.422 e. The molecule has 0 fully saturated rings. The second-order valence-electron chi connectivity index (χ2n) is 6.24. The van der Waals surface area contributed by atoms with Crippen molar-refractivity contribution in [2.75, 3.05) is 5.32 Å². The van der Waals surface area contributed by atoms with E-state index in [9.17, 15) is 18.0 Å². The summed E-state index contributed by atoms with van der Waals surface area (Å²) in [4.78, 5) is 24.5. The average molecular weight is 386 g/mol. The zero-order valence-electron chi connectivity index (χ0n) is 14.7. The molecule has 0 aliphatic carbocycles. The standard InChI is InChI=1S/C19H18N2O5S/c1-12(2)21-27(24,25)15-9-7-14(8-10-15)20-18(22)16-11-13-5-3-4-6-17(13)26-19(16)23/h3-12,21H,1-2H3,(H,20,22). The van der Waals surface area contributed by atoms with Crippen molar-refractivity contribution < 1.29 is 17.6 Å². The quantitative estimate of drug-likeness (QED) is 0.656. The van der Waals surface area contributed by atoms with Gasteiger partial charge in [-0.1, -0.05) is 18.2 Å². The SMILES string of the molecule is CC(C)NS(=O)(=O)c1ccc(NC(=O)c2cc3ccccc3oc2=O)cc1. The summed E-state index contributed by atoms with van der Waals surface area (Å²) >= 11 is 0. The number of para-hydroxylation sites is 1. The van der Waals surface area contributed by atoms with Crippen molar-refractivity contribution in [2.24, 2.45) is 0 Å². The largest absolute Gasteiger partial charge is 0.422 e. The molecule has 1 amide bonds. The van der Waals surface area contributed by atoms with E-state index >= 15 is 0 Å². The summed E-state index contributed by atoms with van der Waals surface area (Å²) in [7, 11) is -3.62. The Morgan fingerprint density at radius 3 is 2.37 bits per heavy atom. The first-order valence-electron chi connectivity index (χ1n) is 8.23. The number of fused-ring (bicyclic) bond motifs is 1. The summed E-state index contributed by atoms with van der Waals surface area (Å²) in [5, 5.41) is 3.20. The van der Waals surface area contributed by atoms with Crippen LogP contribution in [0.2, 0.25) is 0 Å². The molecule has 27 heavy (non-hydrogen) atoms. The first-order chi connectivity index (χ1) is 12.8. The molecule has 1 aromatic heterocycles. The van der Waals surface area contributed by atoms with Crippen molar-refractivity contribution in [3.05, 3.63) is 70.6 Å². The lowest BCUT2D eigenvalue weighted by molar-refractivity contribution is 0.102. The van der Waals surface area contributed by atoms with Gasteiger partial charge in [0.05, 0.1) is 4.90 Å². The zero-order chi connectivity index (χ0) is 19.6. The maximum atomic E-state index is 12.4. The summed E-state index contributed by atoms with van der Waals surface area (Å²) in [6.07, 6.45) is 0. The lowest BCUT2D eigenvalue weighted by Gasteiger charge is -2.10. The lowest BCUT2D eigenvalue weighted by atomic mass is 10.1. The summed E-state index contributed by atoms with van der Waals surface area (Å²) in [5.74, 6) is -0.634. The molecule has 0 saturated heterocycles. The zero-order valence-corrected chi connectivity index (χ0v) is 15.5. The monoisotopic (exact) mass is 386 g/mol. The Balaban J connectivity index is 1.83. The summed E-state index contributed by atoms with van der Waals surface area (Å²) < 4.78 is 31.9. The Labute approximate surface area is 156 Å². The predicted octanol–water partition coefficient (Wildman–Crippen LogP) is 2.73. The van der Waals surface area contributed by atoms with Crippen molar-refractivity contribution in [1.82, 2.24) is 4.72 Å². The normalized spacial score (nSPS) is 11.7. The predicted molar refractivity (Wildman–Crippen MR) is 102 cm³/mol. The van der Waals surface area contributed by atoms with Gasteiger partial charge >= 0.3 is 5.63 Å². The molecule has 8 heteroatoms. The van der Waals surface area contributed by atoms with Gasteiger partial charge in [0.25, 0.3) is 5.91 Å². The van der Waals surface area contributed by atoms with Crippen LogP contribution < -0.4 is 15.7 Å². The Hall–Kier alpha value is -2.97. The average Bonchev–Trinajstić information content (AvgIpc) is 2.60. The van der Waals surface area contributed by atoms with E-state index in [1.165, 1.54) is 30.3 Å². The molecule has 0 spiro atoms. The molecule has 140 valence electrons. The van der Waals surface area contributed by atoms with Gasteiger partial charge in [-0.15, -0.1) is 0 Å². The van der Waals surface area contributed by atoms with Gasteiger partial charge in [-0.3, -0.25) is 4.79 Å². The van der Waals surface area contributed by atoms with Crippen LogP contribution in [0.5, 0.6) is 0 Å². The number of carbonyl (C=O) groups excluding carboxylic acids is 1. The van der Waals surface area contributed by atoms with Crippen LogP contribution in [0.4, 0.5) is 5.69 Å². The summed E-state index contributed by atoms with van der Waals surface area (Å²) in [6, 6.07) is 13.8. The van der Waals surface area contributed by atoms with Gasteiger partial charge < -0.3 is 9.73 Å². The Kier molecular flexibility index (Phi) is 5.11. The highest BCUT2D eigenvalue weighted by atomic mass is 32.2. The van der Waals surface area contributed by atoms with Gasteiger partial charge in [0, 0.05) is 17.1 Å². The minimum atomic E-state index is -3.62. The molecule has 2 N–H and O–H groups in total.